The number of pyridine rings is 1. The maximum absolute atomic E-state index is 6.17. The number of aromatic nitrogens is 1. The molecule has 0 aliphatic carbocycles. The predicted molar refractivity (Wildman–Crippen MR) is 72.5 cm³/mol. The maximum Gasteiger partial charge on any atom is 0.0671 e. The Hall–Kier alpha value is -1.09. The highest BCUT2D eigenvalue weighted by molar-refractivity contribution is 6.43. The van der Waals surface area contributed by atoms with Crippen molar-refractivity contribution in [1.29, 1.82) is 0 Å². The van der Waals surface area contributed by atoms with E-state index in [0.29, 0.717) is 16.6 Å². The fourth-order valence-electron chi connectivity index (χ4n) is 1.67. The van der Waals surface area contributed by atoms with Crippen LogP contribution in [0.3, 0.4) is 0 Å². The van der Waals surface area contributed by atoms with E-state index in [1.165, 1.54) is 0 Å². The molecule has 0 atom stereocenters. The Labute approximate surface area is 110 Å². The first-order valence-corrected chi connectivity index (χ1v) is 6.06. The molecule has 2 rings (SSSR count). The molecular formula is C13H12Cl2N2. The van der Waals surface area contributed by atoms with E-state index in [0.717, 1.165) is 23.1 Å². The van der Waals surface area contributed by atoms with Crippen LogP contribution in [-0.2, 0) is 6.42 Å². The molecule has 0 amide bonds. The molecule has 0 radical (unpaired) electrons. The normalized spacial score (nSPS) is 10.5. The smallest absolute Gasteiger partial charge is 0.0671 e. The monoisotopic (exact) mass is 266 g/mol. The molecule has 2 aromatic rings. The first-order chi connectivity index (χ1) is 8.22. The molecule has 0 aliphatic rings. The van der Waals surface area contributed by atoms with Gasteiger partial charge in [0.25, 0.3) is 0 Å². The second kappa shape index (κ2) is 5.50. The Kier molecular flexibility index (Phi) is 4.00. The van der Waals surface area contributed by atoms with Crippen LogP contribution in [0.15, 0.2) is 36.7 Å². The minimum atomic E-state index is 0.549. The van der Waals surface area contributed by atoms with Crippen LogP contribution in [0, 0.1) is 0 Å². The van der Waals surface area contributed by atoms with Crippen LogP contribution in [0.25, 0.3) is 11.1 Å². The topological polar surface area (TPSA) is 38.9 Å². The van der Waals surface area contributed by atoms with Crippen molar-refractivity contribution < 1.29 is 0 Å². The van der Waals surface area contributed by atoms with Crippen molar-refractivity contribution in [3.05, 3.63) is 52.3 Å². The van der Waals surface area contributed by atoms with Gasteiger partial charge >= 0.3 is 0 Å². The van der Waals surface area contributed by atoms with Crippen LogP contribution in [0.5, 0.6) is 0 Å². The first-order valence-electron chi connectivity index (χ1n) is 5.30. The largest absolute Gasteiger partial charge is 0.330 e. The molecule has 2 nitrogen and oxygen atoms in total. The molecule has 88 valence electrons. The Morgan fingerprint density at radius 3 is 2.76 bits per heavy atom. The summed E-state index contributed by atoms with van der Waals surface area (Å²) in [6.45, 7) is 0.606. The SMILES string of the molecule is NCCc1cncc(-c2cccc(Cl)c2Cl)c1. The zero-order valence-corrected chi connectivity index (χ0v) is 10.7. The number of nitrogens with zero attached hydrogens (tertiary/aromatic N) is 1. The Balaban J connectivity index is 2.45. The van der Waals surface area contributed by atoms with E-state index in [1.54, 1.807) is 12.3 Å². The predicted octanol–water partition coefficient (Wildman–Crippen LogP) is 3.56. The summed E-state index contributed by atoms with van der Waals surface area (Å²) in [7, 11) is 0. The summed E-state index contributed by atoms with van der Waals surface area (Å²) in [5.74, 6) is 0. The van der Waals surface area contributed by atoms with E-state index in [-0.39, 0.29) is 0 Å². The van der Waals surface area contributed by atoms with Crippen molar-refractivity contribution in [2.24, 2.45) is 5.73 Å². The second-order valence-electron chi connectivity index (χ2n) is 3.72. The quantitative estimate of drug-likeness (QED) is 0.923. The number of halogens is 2. The third-order valence-corrected chi connectivity index (χ3v) is 3.31. The number of nitrogens with two attached hydrogens (primary N) is 1. The summed E-state index contributed by atoms with van der Waals surface area (Å²) in [6.07, 6.45) is 4.39. The van der Waals surface area contributed by atoms with Crippen molar-refractivity contribution in [2.75, 3.05) is 6.54 Å². The molecule has 0 fully saturated rings. The van der Waals surface area contributed by atoms with Gasteiger partial charge in [-0.1, -0.05) is 35.3 Å². The molecule has 17 heavy (non-hydrogen) atoms. The van der Waals surface area contributed by atoms with Gasteiger partial charge < -0.3 is 5.73 Å². The lowest BCUT2D eigenvalue weighted by Crippen LogP contribution is -2.03. The van der Waals surface area contributed by atoms with Crippen LogP contribution in [0.4, 0.5) is 0 Å². The van der Waals surface area contributed by atoms with Gasteiger partial charge in [-0.15, -0.1) is 0 Å². The average Bonchev–Trinajstić information content (AvgIpc) is 2.33. The van der Waals surface area contributed by atoms with E-state index in [1.807, 2.05) is 24.4 Å². The highest BCUT2D eigenvalue weighted by Crippen LogP contribution is 2.33. The second-order valence-corrected chi connectivity index (χ2v) is 4.51. The Morgan fingerprint density at radius 2 is 2.00 bits per heavy atom. The fraction of sp³-hybridized carbons (Fsp3) is 0.154. The van der Waals surface area contributed by atoms with Crippen molar-refractivity contribution in [2.45, 2.75) is 6.42 Å². The zero-order valence-electron chi connectivity index (χ0n) is 9.16. The molecule has 0 saturated carbocycles. The number of hydrogen-bond donors (Lipinski definition) is 1. The average molecular weight is 267 g/mol. The lowest BCUT2D eigenvalue weighted by atomic mass is 10.0. The molecule has 1 aromatic heterocycles. The maximum atomic E-state index is 6.17. The number of rotatable bonds is 3. The van der Waals surface area contributed by atoms with Gasteiger partial charge in [0.2, 0.25) is 0 Å². The van der Waals surface area contributed by atoms with Crippen molar-refractivity contribution in [3.63, 3.8) is 0 Å². The molecule has 1 heterocycles. The van der Waals surface area contributed by atoms with Gasteiger partial charge in [0.05, 0.1) is 10.0 Å². The van der Waals surface area contributed by atoms with Gasteiger partial charge in [-0.3, -0.25) is 4.98 Å². The van der Waals surface area contributed by atoms with Crippen LogP contribution in [0.2, 0.25) is 10.0 Å². The van der Waals surface area contributed by atoms with Crippen molar-refractivity contribution >= 4 is 23.2 Å². The molecular weight excluding hydrogens is 255 g/mol. The van der Waals surface area contributed by atoms with Gasteiger partial charge in [0, 0.05) is 23.5 Å². The van der Waals surface area contributed by atoms with E-state index in [9.17, 15) is 0 Å². The standard InChI is InChI=1S/C13H12Cl2N2/c14-12-3-1-2-11(13(12)15)10-6-9(4-5-16)7-17-8-10/h1-3,6-8H,4-5,16H2. The summed E-state index contributed by atoms with van der Waals surface area (Å²) in [4.78, 5) is 4.19. The summed E-state index contributed by atoms with van der Waals surface area (Å²) < 4.78 is 0. The van der Waals surface area contributed by atoms with E-state index in [2.05, 4.69) is 4.98 Å². The van der Waals surface area contributed by atoms with Crippen LogP contribution >= 0.6 is 23.2 Å². The third-order valence-electron chi connectivity index (χ3n) is 2.49. The minimum absolute atomic E-state index is 0.549. The van der Waals surface area contributed by atoms with Gasteiger partial charge in [0.15, 0.2) is 0 Å². The molecule has 0 aliphatic heterocycles. The Bertz CT molecular complexity index is 527. The van der Waals surface area contributed by atoms with Crippen LogP contribution < -0.4 is 5.73 Å². The number of hydrogen-bond acceptors (Lipinski definition) is 2. The highest BCUT2D eigenvalue weighted by atomic mass is 35.5. The van der Waals surface area contributed by atoms with Crippen LogP contribution in [0.1, 0.15) is 5.56 Å². The molecule has 2 N–H and O–H groups in total. The lowest BCUT2D eigenvalue weighted by molar-refractivity contribution is 0.959. The fourth-order valence-corrected chi connectivity index (χ4v) is 2.07. The summed E-state index contributed by atoms with van der Waals surface area (Å²) in [5, 5.41) is 1.11. The van der Waals surface area contributed by atoms with E-state index in [4.69, 9.17) is 28.9 Å². The molecule has 0 saturated heterocycles. The summed E-state index contributed by atoms with van der Waals surface area (Å²) >= 11 is 12.2. The summed E-state index contributed by atoms with van der Waals surface area (Å²) in [6, 6.07) is 7.61. The van der Waals surface area contributed by atoms with Crippen molar-refractivity contribution in [1.82, 2.24) is 4.98 Å². The number of benzene rings is 1. The highest BCUT2D eigenvalue weighted by Gasteiger charge is 2.07. The third kappa shape index (κ3) is 2.78. The van der Waals surface area contributed by atoms with E-state index >= 15 is 0 Å². The molecule has 1 aromatic carbocycles. The lowest BCUT2D eigenvalue weighted by Gasteiger charge is -2.07. The molecule has 0 spiro atoms. The first kappa shape index (κ1) is 12.4. The molecule has 0 unspecified atom stereocenters. The minimum Gasteiger partial charge on any atom is -0.330 e. The van der Waals surface area contributed by atoms with Gasteiger partial charge in [-0.05, 0) is 30.7 Å². The molecule has 4 heteroatoms. The zero-order chi connectivity index (χ0) is 12.3. The van der Waals surface area contributed by atoms with Gasteiger partial charge in [-0.25, -0.2) is 0 Å². The van der Waals surface area contributed by atoms with Crippen molar-refractivity contribution in [3.8, 4) is 11.1 Å². The summed E-state index contributed by atoms with van der Waals surface area (Å²) in [5.41, 5.74) is 8.48. The Morgan fingerprint density at radius 1 is 1.18 bits per heavy atom. The van der Waals surface area contributed by atoms with E-state index < -0.39 is 0 Å². The van der Waals surface area contributed by atoms with Gasteiger partial charge in [0.1, 0.15) is 0 Å². The van der Waals surface area contributed by atoms with Gasteiger partial charge in [-0.2, -0.15) is 0 Å². The molecule has 0 bridgehead atoms. The van der Waals surface area contributed by atoms with Crippen LogP contribution in [-0.4, -0.2) is 11.5 Å².